The number of aromatic nitrogens is 2. The van der Waals surface area contributed by atoms with Crippen molar-refractivity contribution in [1.82, 2.24) is 9.55 Å². The third-order valence-electron chi connectivity index (χ3n) is 3.56. The molecule has 0 saturated carbocycles. The number of aryl methyl sites for hydroxylation is 1. The van der Waals surface area contributed by atoms with E-state index in [0.29, 0.717) is 30.6 Å². The van der Waals surface area contributed by atoms with Crippen LogP contribution in [0, 0.1) is 17.6 Å². The molecule has 1 unspecified atom stereocenters. The fourth-order valence-electron chi connectivity index (χ4n) is 2.44. The third-order valence-corrected chi connectivity index (χ3v) is 3.56. The van der Waals surface area contributed by atoms with Crippen LogP contribution in [0.3, 0.4) is 0 Å². The predicted molar refractivity (Wildman–Crippen MR) is 67.0 cm³/mol. The van der Waals surface area contributed by atoms with Crippen LogP contribution in [0.4, 0.5) is 8.78 Å². The van der Waals surface area contributed by atoms with Gasteiger partial charge in [0.15, 0.2) is 11.6 Å². The molecular weight excluding hydrogens is 266 g/mol. The molecule has 1 N–H and O–H groups in total. The summed E-state index contributed by atoms with van der Waals surface area (Å²) in [5, 5.41) is 9.03. The lowest BCUT2D eigenvalue weighted by Gasteiger charge is -2.19. The highest BCUT2D eigenvalue weighted by Crippen LogP contribution is 2.26. The number of nitrogens with zero attached hydrogens (tertiary/aromatic N) is 2. The van der Waals surface area contributed by atoms with Crippen molar-refractivity contribution in [2.24, 2.45) is 5.92 Å². The summed E-state index contributed by atoms with van der Waals surface area (Å²) in [5.74, 6) is -2.28. The summed E-state index contributed by atoms with van der Waals surface area (Å²) in [6.45, 7) is 0.362. The van der Waals surface area contributed by atoms with E-state index in [-0.39, 0.29) is 0 Å². The Morgan fingerprint density at radius 2 is 2.15 bits per heavy atom. The molecular formula is C14H12F2N2O2. The Labute approximate surface area is 113 Å². The number of rotatable bonds is 2. The number of fused-ring (bicyclic) bond motifs is 1. The average Bonchev–Trinajstić information content (AvgIpc) is 2.84. The quantitative estimate of drug-likeness (QED) is 0.918. The predicted octanol–water partition coefficient (Wildman–Crippen LogP) is 2.48. The van der Waals surface area contributed by atoms with E-state index in [1.54, 1.807) is 10.8 Å². The van der Waals surface area contributed by atoms with Crippen LogP contribution in [0.1, 0.15) is 12.2 Å². The topological polar surface area (TPSA) is 55.1 Å². The Balaban J connectivity index is 1.94. The first kappa shape index (κ1) is 12.8. The molecule has 1 atom stereocenters. The molecule has 0 spiro atoms. The molecule has 0 saturated heterocycles. The van der Waals surface area contributed by atoms with Crippen LogP contribution in [0.15, 0.2) is 24.4 Å². The van der Waals surface area contributed by atoms with Gasteiger partial charge in [0.2, 0.25) is 0 Å². The summed E-state index contributed by atoms with van der Waals surface area (Å²) in [5.41, 5.74) is 1.02. The lowest BCUT2D eigenvalue weighted by Crippen LogP contribution is -2.26. The van der Waals surface area contributed by atoms with Gasteiger partial charge in [-0.2, -0.15) is 0 Å². The second kappa shape index (κ2) is 4.70. The van der Waals surface area contributed by atoms with Gasteiger partial charge in [0.05, 0.1) is 11.6 Å². The van der Waals surface area contributed by atoms with Crippen LogP contribution in [-0.4, -0.2) is 20.6 Å². The van der Waals surface area contributed by atoms with Gasteiger partial charge in [-0.25, -0.2) is 13.8 Å². The van der Waals surface area contributed by atoms with Gasteiger partial charge in [0, 0.05) is 24.7 Å². The monoisotopic (exact) mass is 278 g/mol. The second-order valence-electron chi connectivity index (χ2n) is 4.90. The fourth-order valence-corrected chi connectivity index (χ4v) is 2.44. The Morgan fingerprint density at radius 3 is 2.85 bits per heavy atom. The maximum absolute atomic E-state index is 13.2. The number of carboxylic acids is 1. The normalized spacial score (nSPS) is 17.8. The summed E-state index contributed by atoms with van der Waals surface area (Å²) < 4.78 is 27.9. The van der Waals surface area contributed by atoms with Crippen molar-refractivity contribution >= 4 is 5.97 Å². The Hall–Kier alpha value is -2.24. The van der Waals surface area contributed by atoms with Gasteiger partial charge >= 0.3 is 5.97 Å². The molecule has 0 fully saturated rings. The summed E-state index contributed by atoms with van der Waals surface area (Å²) in [7, 11) is 0. The first-order valence-electron chi connectivity index (χ1n) is 6.29. The van der Waals surface area contributed by atoms with Crippen molar-refractivity contribution in [2.75, 3.05) is 0 Å². The van der Waals surface area contributed by atoms with Crippen molar-refractivity contribution < 1.29 is 18.7 Å². The molecule has 2 aromatic rings. The van der Waals surface area contributed by atoms with E-state index in [1.807, 2.05) is 0 Å². The molecule has 0 aliphatic carbocycles. The molecule has 1 aliphatic heterocycles. The van der Waals surface area contributed by atoms with Gasteiger partial charge in [-0.05, 0) is 24.6 Å². The molecule has 0 bridgehead atoms. The summed E-state index contributed by atoms with van der Waals surface area (Å²) in [6.07, 6.45) is 2.81. The molecule has 1 aromatic carbocycles. The zero-order valence-corrected chi connectivity index (χ0v) is 10.5. The summed E-state index contributed by atoms with van der Waals surface area (Å²) >= 11 is 0. The number of hydrogen-bond acceptors (Lipinski definition) is 2. The number of carboxylic acid groups (broad SMARTS) is 1. The maximum Gasteiger partial charge on any atom is 0.308 e. The average molecular weight is 278 g/mol. The number of aliphatic carboxylic acids is 1. The van der Waals surface area contributed by atoms with Crippen molar-refractivity contribution in [1.29, 1.82) is 0 Å². The minimum absolute atomic E-state index is 0.362. The Bertz CT molecular complexity index is 682. The fraction of sp³-hybridized carbons (Fsp3) is 0.286. The van der Waals surface area contributed by atoms with E-state index >= 15 is 0 Å². The maximum atomic E-state index is 13.2. The molecule has 0 amide bonds. The number of halogens is 2. The zero-order valence-electron chi connectivity index (χ0n) is 10.5. The van der Waals surface area contributed by atoms with Crippen molar-refractivity contribution in [3.05, 3.63) is 41.9 Å². The molecule has 0 radical (unpaired) electrons. The lowest BCUT2D eigenvalue weighted by molar-refractivity contribution is -0.142. The van der Waals surface area contributed by atoms with E-state index in [4.69, 9.17) is 5.11 Å². The van der Waals surface area contributed by atoms with Crippen LogP contribution >= 0.6 is 0 Å². The van der Waals surface area contributed by atoms with Crippen LogP contribution < -0.4 is 0 Å². The number of benzene rings is 1. The van der Waals surface area contributed by atoms with Crippen LogP contribution in [0.25, 0.3) is 11.3 Å². The Kier molecular flexibility index (Phi) is 3.00. The minimum Gasteiger partial charge on any atom is -0.481 e. The van der Waals surface area contributed by atoms with E-state index in [9.17, 15) is 13.6 Å². The molecule has 6 heteroatoms. The second-order valence-corrected chi connectivity index (χ2v) is 4.90. The van der Waals surface area contributed by atoms with E-state index in [0.717, 1.165) is 18.0 Å². The molecule has 1 aliphatic rings. The third kappa shape index (κ3) is 2.17. The summed E-state index contributed by atoms with van der Waals surface area (Å²) in [6, 6.07) is 3.61. The molecule has 4 nitrogen and oxygen atoms in total. The van der Waals surface area contributed by atoms with E-state index < -0.39 is 23.5 Å². The molecule has 3 rings (SSSR count). The van der Waals surface area contributed by atoms with Gasteiger partial charge in [-0.3, -0.25) is 4.79 Å². The number of carbonyl (C=O) groups is 1. The first-order chi connectivity index (χ1) is 9.54. The highest BCUT2D eigenvalue weighted by atomic mass is 19.2. The first-order valence-corrected chi connectivity index (χ1v) is 6.29. The SMILES string of the molecule is O=C(O)C1CCc2nc(-c3ccc(F)c(F)c3)cn2C1. The molecule has 1 aromatic heterocycles. The smallest absolute Gasteiger partial charge is 0.308 e. The van der Waals surface area contributed by atoms with Gasteiger partial charge in [-0.15, -0.1) is 0 Å². The van der Waals surface area contributed by atoms with Crippen molar-refractivity contribution in [3.8, 4) is 11.3 Å². The largest absolute Gasteiger partial charge is 0.481 e. The van der Waals surface area contributed by atoms with E-state index in [2.05, 4.69) is 4.98 Å². The summed E-state index contributed by atoms with van der Waals surface area (Å²) in [4.78, 5) is 15.4. The highest BCUT2D eigenvalue weighted by molar-refractivity contribution is 5.70. The minimum atomic E-state index is -0.920. The Morgan fingerprint density at radius 1 is 1.35 bits per heavy atom. The number of imidazole rings is 1. The van der Waals surface area contributed by atoms with Crippen molar-refractivity contribution in [2.45, 2.75) is 19.4 Å². The zero-order chi connectivity index (χ0) is 14.3. The highest BCUT2D eigenvalue weighted by Gasteiger charge is 2.25. The molecule has 2 heterocycles. The lowest BCUT2D eigenvalue weighted by atomic mass is 10.00. The van der Waals surface area contributed by atoms with Gasteiger partial charge in [0.1, 0.15) is 5.82 Å². The van der Waals surface area contributed by atoms with Crippen LogP contribution in [0.5, 0.6) is 0 Å². The van der Waals surface area contributed by atoms with E-state index in [1.165, 1.54) is 6.07 Å². The number of hydrogen-bond donors (Lipinski definition) is 1. The molecule has 20 heavy (non-hydrogen) atoms. The standard InChI is InChI=1S/C14H12F2N2O2/c15-10-3-1-8(5-11(10)16)12-7-18-6-9(14(19)20)2-4-13(18)17-12/h1,3,5,7,9H,2,4,6H2,(H,19,20). The van der Waals surface area contributed by atoms with Gasteiger partial charge < -0.3 is 9.67 Å². The van der Waals surface area contributed by atoms with Crippen LogP contribution in [-0.2, 0) is 17.8 Å². The van der Waals surface area contributed by atoms with Crippen LogP contribution in [0.2, 0.25) is 0 Å². The molecule has 104 valence electrons. The van der Waals surface area contributed by atoms with Crippen molar-refractivity contribution in [3.63, 3.8) is 0 Å². The van der Waals surface area contributed by atoms with Gasteiger partial charge in [-0.1, -0.05) is 0 Å². The van der Waals surface area contributed by atoms with Gasteiger partial charge in [0.25, 0.3) is 0 Å².